The van der Waals surface area contributed by atoms with Gasteiger partial charge in [0.2, 0.25) is 0 Å². The van der Waals surface area contributed by atoms with Crippen molar-refractivity contribution in [2.75, 3.05) is 13.7 Å². The highest BCUT2D eigenvalue weighted by atomic mass is 35.5. The van der Waals surface area contributed by atoms with Crippen molar-refractivity contribution < 1.29 is 14.6 Å². The molecule has 2 aromatic rings. The van der Waals surface area contributed by atoms with Crippen LogP contribution in [0.3, 0.4) is 0 Å². The van der Waals surface area contributed by atoms with Crippen LogP contribution < -0.4 is 5.32 Å². The first-order valence-corrected chi connectivity index (χ1v) is 8.43. The van der Waals surface area contributed by atoms with E-state index >= 15 is 0 Å². The van der Waals surface area contributed by atoms with Crippen LogP contribution in [0.1, 0.15) is 23.2 Å². The Morgan fingerprint density at radius 3 is 3.12 bits per heavy atom. The lowest BCUT2D eigenvalue weighted by Crippen LogP contribution is -2.43. The van der Waals surface area contributed by atoms with Gasteiger partial charge < -0.3 is 19.7 Å². The van der Waals surface area contributed by atoms with Crippen LogP contribution in [0.5, 0.6) is 0 Å². The van der Waals surface area contributed by atoms with Gasteiger partial charge in [-0.05, 0) is 31.5 Å². The molecule has 0 spiro atoms. The highest BCUT2D eigenvalue weighted by Crippen LogP contribution is 2.25. The molecule has 6 heteroatoms. The third kappa shape index (κ3) is 3.48. The summed E-state index contributed by atoms with van der Waals surface area (Å²) in [7, 11) is 1.37. The van der Waals surface area contributed by atoms with E-state index in [-0.39, 0.29) is 18.1 Å². The Kier molecular flexibility index (Phi) is 5.23. The van der Waals surface area contributed by atoms with E-state index in [1.165, 1.54) is 7.11 Å². The molecule has 0 amide bonds. The molecular formula is C18H21ClN2O3. The van der Waals surface area contributed by atoms with Crippen molar-refractivity contribution in [3.63, 3.8) is 0 Å². The van der Waals surface area contributed by atoms with Crippen molar-refractivity contribution in [2.45, 2.75) is 31.5 Å². The summed E-state index contributed by atoms with van der Waals surface area (Å²) in [6.07, 6.45) is 7.22. The standard InChI is InChI=1S/C18H21ClN2O3/c1-24-18(23)14-11-21(16-10-12(19)6-7-13(14)16)9-3-4-15-17(22)5-2-8-20-15/h3-4,6-7,10-11,15,17,20,22H,2,5,8-9H2,1H3/b4-3+/t15-,17+/m1/s1. The van der Waals surface area contributed by atoms with Crippen molar-refractivity contribution in [1.29, 1.82) is 0 Å². The van der Waals surface area contributed by atoms with Crippen LogP contribution in [0.4, 0.5) is 0 Å². The van der Waals surface area contributed by atoms with E-state index in [9.17, 15) is 9.90 Å². The van der Waals surface area contributed by atoms with Crippen molar-refractivity contribution in [2.24, 2.45) is 0 Å². The molecule has 1 saturated heterocycles. The molecule has 2 heterocycles. The molecule has 0 radical (unpaired) electrons. The van der Waals surface area contributed by atoms with E-state index in [0.29, 0.717) is 17.1 Å². The third-order valence-electron chi connectivity index (χ3n) is 4.37. The second kappa shape index (κ2) is 7.38. The number of nitrogens with zero attached hydrogens (tertiary/aromatic N) is 1. The van der Waals surface area contributed by atoms with Crippen LogP contribution >= 0.6 is 11.6 Å². The molecule has 3 rings (SSSR count). The zero-order valence-electron chi connectivity index (χ0n) is 13.5. The first kappa shape index (κ1) is 17.0. The summed E-state index contributed by atoms with van der Waals surface area (Å²) < 4.78 is 6.81. The Morgan fingerprint density at radius 2 is 2.38 bits per heavy atom. The minimum atomic E-state index is -0.366. The van der Waals surface area contributed by atoms with Gasteiger partial charge in [-0.15, -0.1) is 0 Å². The molecule has 1 aliphatic heterocycles. The monoisotopic (exact) mass is 348 g/mol. The smallest absolute Gasteiger partial charge is 0.340 e. The van der Waals surface area contributed by atoms with Gasteiger partial charge in [0, 0.05) is 23.2 Å². The lowest BCUT2D eigenvalue weighted by Gasteiger charge is -2.26. The Hall–Kier alpha value is -1.82. The number of benzene rings is 1. The first-order chi connectivity index (χ1) is 11.6. The Labute approximate surface area is 145 Å². The second-order valence-electron chi connectivity index (χ2n) is 5.97. The largest absolute Gasteiger partial charge is 0.465 e. The number of nitrogens with one attached hydrogen (secondary N) is 1. The Morgan fingerprint density at radius 1 is 1.54 bits per heavy atom. The molecule has 0 aliphatic carbocycles. The number of carbonyl (C=O) groups is 1. The molecule has 1 aliphatic rings. The highest BCUT2D eigenvalue weighted by Gasteiger charge is 2.19. The molecule has 2 atom stereocenters. The van der Waals surface area contributed by atoms with Gasteiger partial charge >= 0.3 is 5.97 Å². The number of ether oxygens (including phenoxy) is 1. The number of piperidine rings is 1. The molecule has 1 aromatic carbocycles. The van der Waals surface area contributed by atoms with E-state index in [1.807, 2.05) is 28.9 Å². The molecule has 2 N–H and O–H groups in total. The molecule has 1 aromatic heterocycles. The number of fused-ring (bicyclic) bond motifs is 1. The Balaban J connectivity index is 1.86. The summed E-state index contributed by atoms with van der Waals surface area (Å²) in [5.41, 5.74) is 1.40. The molecule has 1 fully saturated rings. The number of hydrogen-bond donors (Lipinski definition) is 2. The second-order valence-corrected chi connectivity index (χ2v) is 6.40. The van der Waals surface area contributed by atoms with Crippen LogP contribution in [0.2, 0.25) is 5.02 Å². The van der Waals surface area contributed by atoms with E-state index < -0.39 is 0 Å². The van der Waals surface area contributed by atoms with Gasteiger partial charge in [-0.25, -0.2) is 4.79 Å². The number of halogens is 1. The van der Waals surface area contributed by atoms with Crippen LogP contribution in [-0.2, 0) is 11.3 Å². The number of aromatic nitrogens is 1. The topological polar surface area (TPSA) is 63.5 Å². The lowest BCUT2D eigenvalue weighted by atomic mass is 10.0. The fraction of sp³-hybridized carbons (Fsp3) is 0.389. The molecule has 128 valence electrons. The summed E-state index contributed by atoms with van der Waals surface area (Å²) in [5.74, 6) is -0.366. The minimum Gasteiger partial charge on any atom is -0.465 e. The number of aliphatic hydroxyl groups excluding tert-OH is 1. The summed E-state index contributed by atoms with van der Waals surface area (Å²) in [4.78, 5) is 12.0. The van der Waals surface area contributed by atoms with Crippen molar-refractivity contribution in [1.82, 2.24) is 9.88 Å². The molecule has 0 saturated carbocycles. The summed E-state index contributed by atoms with van der Waals surface area (Å²) in [6.45, 7) is 1.50. The average Bonchev–Trinajstić information content (AvgIpc) is 2.94. The zero-order chi connectivity index (χ0) is 17.1. The molecule has 0 unspecified atom stereocenters. The van der Waals surface area contributed by atoms with Gasteiger partial charge in [0.1, 0.15) is 0 Å². The van der Waals surface area contributed by atoms with Gasteiger partial charge in [-0.1, -0.05) is 29.8 Å². The SMILES string of the molecule is COC(=O)c1cn(C/C=C/[C@H]2NCCC[C@@H]2O)c2cc(Cl)ccc12. The zero-order valence-corrected chi connectivity index (χ0v) is 14.3. The molecule has 5 nitrogen and oxygen atoms in total. The van der Waals surface area contributed by atoms with Crippen LogP contribution in [0.25, 0.3) is 10.9 Å². The number of aliphatic hydroxyl groups is 1. The van der Waals surface area contributed by atoms with Crippen LogP contribution in [0, 0.1) is 0 Å². The number of esters is 1. The summed E-state index contributed by atoms with van der Waals surface area (Å²) in [5, 5.41) is 14.7. The van der Waals surface area contributed by atoms with Crippen molar-refractivity contribution >= 4 is 28.5 Å². The molecule has 0 bridgehead atoms. The predicted octanol–water partition coefficient (Wildman–Crippen LogP) is 2.75. The molecule has 24 heavy (non-hydrogen) atoms. The number of allylic oxidation sites excluding steroid dienone is 1. The molecular weight excluding hydrogens is 328 g/mol. The Bertz CT molecular complexity index is 769. The predicted molar refractivity (Wildman–Crippen MR) is 94.5 cm³/mol. The number of carbonyl (C=O) groups excluding carboxylic acids is 1. The van der Waals surface area contributed by atoms with E-state index in [0.717, 1.165) is 30.3 Å². The number of hydrogen-bond acceptors (Lipinski definition) is 4. The van der Waals surface area contributed by atoms with Crippen molar-refractivity contribution in [3.05, 3.63) is 47.1 Å². The van der Waals surface area contributed by atoms with E-state index in [2.05, 4.69) is 5.32 Å². The van der Waals surface area contributed by atoms with Gasteiger partial charge in [0.25, 0.3) is 0 Å². The van der Waals surface area contributed by atoms with Gasteiger partial charge in [0.15, 0.2) is 0 Å². The first-order valence-electron chi connectivity index (χ1n) is 8.05. The number of rotatable bonds is 4. The van der Waals surface area contributed by atoms with Gasteiger partial charge in [-0.2, -0.15) is 0 Å². The minimum absolute atomic E-state index is 0.0239. The van der Waals surface area contributed by atoms with Crippen LogP contribution in [0.15, 0.2) is 36.5 Å². The fourth-order valence-corrected chi connectivity index (χ4v) is 3.27. The van der Waals surface area contributed by atoms with Gasteiger partial charge in [-0.3, -0.25) is 0 Å². The van der Waals surface area contributed by atoms with Crippen molar-refractivity contribution in [3.8, 4) is 0 Å². The van der Waals surface area contributed by atoms with Gasteiger partial charge in [0.05, 0.1) is 30.3 Å². The highest BCUT2D eigenvalue weighted by molar-refractivity contribution is 6.31. The van der Waals surface area contributed by atoms with E-state index in [1.54, 1.807) is 12.3 Å². The fourth-order valence-electron chi connectivity index (χ4n) is 3.10. The lowest BCUT2D eigenvalue weighted by molar-refractivity contribution is 0.0602. The average molecular weight is 349 g/mol. The maximum atomic E-state index is 12.0. The summed E-state index contributed by atoms with van der Waals surface area (Å²) in [6, 6.07) is 5.41. The van der Waals surface area contributed by atoms with E-state index in [4.69, 9.17) is 16.3 Å². The normalized spacial score (nSPS) is 21.5. The maximum Gasteiger partial charge on any atom is 0.340 e. The summed E-state index contributed by atoms with van der Waals surface area (Å²) >= 11 is 6.10. The quantitative estimate of drug-likeness (QED) is 0.658. The third-order valence-corrected chi connectivity index (χ3v) is 4.60. The number of methoxy groups -OCH3 is 1. The van der Waals surface area contributed by atoms with Crippen LogP contribution in [-0.4, -0.2) is 41.4 Å². The maximum absolute atomic E-state index is 12.0.